The first-order valence-electron chi connectivity index (χ1n) is 17.0. The monoisotopic (exact) mass is 697 g/mol. The van der Waals surface area contributed by atoms with E-state index in [2.05, 4.69) is 47.8 Å². The molecule has 5 aromatic rings. The Morgan fingerprint density at radius 2 is 1.84 bits per heavy atom. The number of benzene rings is 2. The number of aromatic nitrogens is 5. The lowest BCUT2D eigenvalue weighted by Gasteiger charge is -2.29. The predicted molar refractivity (Wildman–Crippen MR) is 189 cm³/mol. The van der Waals surface area contributed by atoms with E-state index in [1.807, 2.05) is 10.7 Å². The first-order valence-corrected chi connectivity index (χ1v) is 17.0. The molecule has 1 aliphatic rings. The van der Waals surface area contributed by atoms with Gasteiger partial charge in [0.1, 0.15) is 23.5 Å². The molecule has 1 fully saturated rings. The molecule has 51 heavy (non-hydrogen) atoms. The Morgan fingerprint density at radius 1 is 1.04 bits per heavy atom. The minimum atomic E-state index is -0.833. The number of imide groups is 1. The SMILES string of the molecule is C=Cc1nccn1CCCCCc1cc(CN2CCC(N)CC2)c2c(Oc3ccc(NC(=O)NC(=O)Cc4ccc(F)cc4)cc3F)ncnn12. The zero-order valence-corrected chi connectivity index (χ0v) is 28.2. The molecule has 0 unspecified atom stereocenters. The number of hydrogen-bond acceptors (Lipinski definition) is 8. The summed E-state index contributed by atoms with van der Waals surface area (Å²) in [5.41, 5.74) is 9.46. The van der Waals surface area contributed by atoms with Crippen molar-refractivity contribution in [2.45, 2.75) is 64.1 Å². The third-order valence-corrected chi connectivity index (χ3v) is 8.89. The van der Waals surface area contributed by atoms with Crippen LogP contribution in [0.25, 0.3) is 11.6 Å². The molecule has 3 aromatic heterocycles. The summed E-state index contributed by atoms with van der Waals surface area (Å²) in [7, 11) is 0. The van der Waals surface area contributed by atoms with E-state index in [1.165, 1.54) is 42.7 Å². The number of hydrogen-bond donors (Lipinski definition) is 3. The molecule has 0 radical (unpaired) electrons. The normalized spacial score (nSPS) is 13.7. The van der Waals surface area contributed by atoms with Crippen LogP contribution in [0.4, 0.5) is 19.3 Å². The minimum absolute atomic E-state index is 0.0926. The number of unbranched alkanes of at least 4 members (excludes halogenated alkanes) is 2. The number of halogens is 2. The molecule has 0 spiro atoms. The Bertz CT molecular complexity index is 1990. The number of fused-ring (bicyclic) bond motifs is 1. The second-order valence-corrected chi connectivity index (χ2v) is 12.6. The van der Waals surface area contributed by atoms with Crippen LogP contribution in [0.15, 0.2) is 73.8 Å². The van der Waals surface area contributed by atoms with E-state index in [4.69, 9.17) is 10.5 Å². The molecule has 3 amide bonds. The van der Waals surface area contributed by atoms with Crippen LogP contribution in [0.3, 0.4) is 0 Å². The standard InChI is InChI=1S/C37H41F2N9O3/c1-2-33-41-15-19-47(33)16-5-3-4-6-30-21-26(23-46-17-13-28(40)14-18-46)35-36(42-24-43-48(30)35)51-32-12-11-29(22-31(32)39)44-37(50)45-34(49)20-25-7-9-27(38)10-8-25/h2,7-12,15,19,21-22,24,28H,1,3-6,13-14,16-18,20,23,40H2,(H2,44,45,49,50). The van der Waals surface area contributed by atoms with Gasteiger partial charge in [-0.1, -0.05) is 25.1 Å². The second-order valence-electron chi connectivity index (χ2n) is 12.6. The number of carbonyl (C=O) groups excluding carboxylic acids is 2. The van der Waals surface area contributed by atoms with Gasteiger partial charge in [-0.05, 0) is 92.7 Å². The highest BCUT2D eigenvalue weighted by atomic mass is 19.1. The van der Waals surface area contributed by atoms with Crippen LogP contribution >= 0.6 is 0 Å². The number of aryl methyl sites for hydroxylation is 2. The van der Waals surface area contributed by atoms with E-state index in [-0.39, 0.29) is 29.8 Å². The van der Waals surface area contributed by atoms with E-state index in [0.717, 1.165) is 81.3 Å². The summed E-state index contributed by atoms with van der Waals surface area (Å²) in [4.78, 5) is 35.7. The van der Waals surface area contributed by atoms with Gasteiger partial charge in [-0.25, -0.2) is 23.1 Å². The Hall–Kier alpha value is -5.47. The van der Waals surface area contributed by atoms with Gasteiger partial charge < -0.3 is 20.4 Å². The molecule has 14 heteroatoms. The number of nitrogens with zero attached hydrogens (tertiary/aromatic N) is 6. The maximum atomic E-state index is 15.4. The van der Waals surface area contributed by atoms with E-state index in [0.29, 0.717) is 17.6 Å². The minimum Gasteiger partial charge on any atom is -0.434 e. The molecule has 6 rings (SSSR count). The van der Waals surface area contributed by atoms with Crippen LogP contribution < -0.4 is 21.1 Å². The van der Waals surface area contributed by atoms with Crippen LogP contribution in [0.1, 0.15) is 54.7 Å². The van der Waals surface area contributed by atoms with Crippen LogP contribution in [0.2, 0.25) is 0 Å². The summed E-state index contributed by atoms with van der Waals surface area (Å²) in [5.74, 6) is -0.786. The number of rotatable bonds is 14. The number of anilines is 1. The first-order chi connectivity index (χ1) is 24.7. The number of ether oxygens (including phenoxy) is 1. The average molecular weight is 698 g/mol. The molecule has 4 N–H and O–H groups in total. The van der Waals surface area contributed by atoms with Crippen molar-refractivity contribution < 1.29 is 23.1 Å². The van der Waals surface area contributed by atoms with Crippen LogP contribution in [0.5, 0.6) is 11.6 Å². The molecule has 0 bridgehead atoms. The van der Waals surface area contributed by atoms with Crippen molar-refractivity contribution >= 4 is 29.2 Å². The highest BCUT2D eigenvalue weighted by Crippen LogP contribution is 2.32. The summed E-state index contributed by atoms with van der Waals surface area (Å²) >= 11 is 0. The largest absolute Gasteiger partial charge is 0.434 e. The van der Waals surface area contributed by atoms with Crippen molar-refractivity contribution in [3.63, 3.8) is 0 Å². The summed E-state index contributed by atoms with van der Waals surface area (Å²) in [6, 6.07) is 10.8. The fourth-order valence-corrected chi connectivity index (χ4v) is 6.24. The number of likely N-dealkylation sites (tertiary alicyclic amines) is 1. The Morgan fingerprint density at radius 3 is 2.61 bits per heavy atom. The van der Waals surface area contributed by atoms with Gasteiger partial charge in [-0.3, -0.25) is 15.0 Å². The van der Waals surface area contributed by atoms with Gasteiger partial charge in [-0.15, -0.1) is 0 Å². The topological polar surface area (TPSA) is 145 Å². The molecule has 266 valence electrons. The lowest BCUT2D eigenvalue weighted by atomic mass is 10.1. The number of imidazole rings is 1. The van der Waals surface area contributed by atoms with Crippen molar-refractivity contribution in [1.29, 1.82) is 0 Å². The molecule has 0 saturated carbocycles. The summed E-state index contributed by atoms with van der Waals surface area (Å²) in [5, 5.41) is 9.21. The number of urea groups is 1. The van der Waals surface area contributed by atoms with Crippen molar-refractivity contribution in [3.05, 3.63) is 108 Å². The fraction of sp³-hybridized carbons (Fsp3) is 0.324. The zero-order valence-electron chi connectivity index (χ0n) is 28.2. The highest BCUT2D eigenvalue weighted by molar-refractivity contribution is 6.01. The summed E-state index contributed by atoms with van der Waals surface area (Å²) in [6.07, 6.45) is 12.3. The number of amides is 3. The molecule has 1 aliphatic heterocycles. The molecule has 4 heterocycles. The lowest BCUT2D eigenvalue weighted by molar-refractivity contribution is -0.119. The number of carbonyl (C=O) groups is 2. The lowest BCUT2D eigenvalue weighted by Crippen LogP contribution is -2.39. The summed E-state index contributed by atoms with van der Waals surface area (Å²) < 4.78 is 38.5. The van der Waals surface area contributed by atoms with Gasteiger partial charge in [-0.2, -0.15) is 10.1 Å². The highest BCUT2D eigenvalue weighted by Gasteiger charge is 2.22. The van der Waals surface area contributed by atoms with Gasteiger partial charge in [0, 0.05) is 49.0 Å². The molecule has 0 aliphatic carbocycles. The van der Waals surface area contributed by atoms with Gasteiger partial charge in [0.05, 0.1) is 6.42 Å². The molecule has 1 saturated heterocycles. The summed E-state index contributed by atoms with van der Waals surface area (Å²) in [6.45, 7) is 7.06. The Kier molecular flexibility index (Phi) is 11.4. The Labute approximate surface area is 294 Å². The second kappa shape index (κ2) is 16.5. The van der Waals surface area contributed by atoms with E-state index >= 15 is 4.39 Å². The Balaban J connectivity index is 1.13. The van der Waals surface area contributed by atoms with Crippen molar-refractivity contribution in [3.8, 4) is 11.6 Å². The van der Waals surface area contributed by atoms with Gasteiger partial charge in [0.25, 0.3) is 0 Å². The molecular weight excluding hydrogens is 656 g/mol. The van der Waals surface area contributed by atoms with Crippen LogP contribution in [-0.2, 0) is 30.7 Å². The quantitative estimate of drug-likeness (QED) is 0.122. The number of nitrogens with two attached hydrogens (primary N) is 1. The number of piperidine rings is 1. The van der Waals surface area contributed by atoms with Crippen molar-refractivity contribution in [2.24, 2.45) is 5.73 Å². The third-order valence-electron chi connectivity index (χ3n) is 8.89. The van der Waals surface area contributed by atoms with Gasteiger partial charge in [0.2, 0.25) is 11.8 Å². The molecule has 2 aromatic carbocycles. The zero-order chi connectivity index (χ0) is 35.7. The fourth-order valence-electron chi connectivity index (χ4n) is 6.24. The average Bonchev–Trinajstić information content (AvgIpc) is 3.72. The molecular formula is C37H41F2N9O3. The van der Waals surface area contributed by atoms with Crippen LogP contribution in [0, 0.1) is 11.6 Å². The van der Waals surface area contributed by atoms with E-state index < -0.39 is 23.6 Å². The number of nitrogens with one attached hydrogen (secondary N) is 2. The van der Waals surface area contributed by atoms with Gasteiger partial charge >= 0.3 is 6.03 Å². The van der Waals surface area contributed by atoms with E-state index in [1.54, 1.807) is 12.3 Å². The maximum Gasteiger partial charge on any atom is 0.325 e. The first kappa shape index (κ1) is 35.4. The predicted octanol–water partition coefficient (Wildman–Crippen LogP) is 5.87. The van der Waals surface area contributed by atoms with E-state index in [9.17, 15) is 14.0 Å². The van der Waals surface area contributed by atoms with Crippen molar-refractivity contribution in [1.82, 2.24) is 34.4 Å². The van der Waals surface area contributed by atoms with Gasteiger partial charge in [0.15, 0.2) is 11.6 Å². The smallest absolute Gasteiger partial charge is 0.325 e. The maximum absolute atomic E-state index is 15.4. The van der Waals surface area contributed by atoms with Crippen LogP contribution in [-0.4, -0.2) is 60.1 Å². The molecule has 0 atom stereocenters. The molecule has 12 nitrogen and oxygen atoms in total. The van der Waals surface area contributed by atoms with Crippen molar-refractivity contribution in [2.75, 3.05) is 18.4 Å². The third kappa shape index (κ3) is 9.21.